The minimum Gasteiger partial charge on any atom is -0.508 e. The van der Waals surface area contributed by atoms with Crippen LogP contribution >= 0.6 is 0 Å². The molecular formula is C48H53N3O8S. The number of aliphatic imine (C=N–C) groups is 1. The van der Waals surface area contributed by atoms with Gasteiger partial charge in [-0.05, 0) is 109 Å². The summed E-state index contributed by atoms with van der Waals surface area (Å²) in [6.07, 6.45) is 4.62. The Morgan fingerprint density at radius 3 is 2.43 bits per heavy atom. The van der Waals surface area contributed by atoms with E-state index < -0.39 is 33.1 Å². The molecule has 314 valence electrons. The number of aromatic hydroxyl groups is 1. The van der Waals surface area contributed by atoms with Crippen LogP contribution in [0.25, 0.3) is 0 Å². The number of nitrogens with zero attached hydrogens (tertiary/aromatic N) is 1. The molecular weight excluding hydrogens is 779 g/mol. The van der Waals surface area contributed by atoms with Gasteiger partial charge in [0.2, 0.25) is 5.72 Å². The van der Waals surface area contributed by atoms with E-state index in [1.54, 1.807) is 24.3 Å². The first-order valence-electron chi connectivity index (χ1n) is 20.8. The summed E-state index contributed by atoms with van der Waals surface area (Å²) in [6, 6.07) is 30.1. The van der Waals surface area contributed by atoms with E-state index in [1.807, 2.05) is 78.9 Å². The molecule has 0 saturated carbocycles. The van der Waals surface area contributed by atoms with Crippen LogP contribution in [0.5, 0.6) is 11.5 Å². The fourth-order valence-corrected chi connectivity index (χ4v) is 11.2. The van der Waals surface area contributed by atoms with E-state index >= 15 is 0 Å². The van der Waals surface area contributed by atoms with Crippen LogP contribution in [0.15, 0.2) is 114 Å². The van der Waals surface area contributed by atoms with E-state index in [4.69, 9.17) is 25.9 Å². The molecule has 1 fully saturated rings. The SMILES string of the molecule is NC(N)=N[C@@]1(C[C@H](CO)Cc2ccccc2)Oc2ccc(cc2)CC[C@@H](S(=O)(=O)O)[C@H]2C=C3C[C@H](C[C@@H]4C[C@@H](CO)CC#Cc5cc(O)ccc5[C@@H]3O4)[C@H]2c2ccc1cc2. The largest absolute Gasteiger partial charge is 0.508 e. The Balaban J connectivity index is 1.29. The van der Waals surface area contributed by atoms with E-state index in [2.05, 4.69) is 11.8 Å². The smallest absolute Gasteiger partial charge is 0.268 e. The first-order valence-corrected chi connectivity index (χ1v) is 22.3. The normalized spacial score (nSPS) is 27.8. The number of phenolic OH excluding ortho intramolecular Hbond substituents is 1. The number of phenols is 1. The van der Waals surface area contributed by atoms with Gasteiger partial charge in [-0.25, -0.2) is 4.99 Å². The molecule has 11 rings (SSSR count). The third-order valence-electron chi connectivity index (χ3n) is 12.8. The van der Waals surface area contributed by atoms with Crippen LogP contribution in [0.2, 0.25) is 0 Å². The van der Waals surface area contributed by atoms with Gasteiger partial charge in [0.25, 0.3) is 10.1 Å². The van der Waals surface area contributed by atoms with Crippen molar-refractivity contribution in [3.63, 3.8) is 0 Å². The highest BCUT2D eigenvalue weighted by Crippen LogP contribution is 2.53. The first kappa shape index (κ1) is 41.6. The van der Waals surface area contributed by atoms with E-state index in [0.717, 1.165) is 27.8 Å². The Bertz CT molecular complexity index is 2390. The van der Waals surface area contributed by atoms with Gasteiger partial charge < -0.3 is 36.3 Å². The highest BCUT2D eigenvalue weighted by atomic mass is 32.2. The molecule has 6 heterocycles. The van der Waals surface area contributed by atoms with E-state index in [1.165, 1.54) is 0 Å². The number of hydrogen-bond acceptors (Lipinski definition) is 8. The number of benzene rings is 4. The van der Waals surface area contributed by atoms with Crippen molar-refractivity contribution in [3.05, 3.63) is 142 Å². The number of fused-ring (bicyclic) bond motifs is 7. The number of aryl methyl sites for hydroxylation is 1. The summed E-state index contributed by atoms with van der Waals surface area (Å²) in [5.41, 5.74) is 16.6. The molecule has 6 aliphatic heterocycles. The van der Waals surface area contributed by atoms with Crippen molar-refractivity contribution < 1.29 is 37.8 Å². The van der Waals surface area contributed by atoms with E-state index in [9.17, 15) is 28.3 Å². The molecule has 0 spiro atoms. The average Bonchev–Trinajstić information content (AvgIpc) is 3.36. The van der Waals surface area contributed by atoms with Crippen LogP contribution < -0.4 is 16.2 Å². The number of hydrogen-bond donors (Lipinski definition) is 6. The maximum Gasteiger partial charge on any atom is 0.268 e. The summed E-state index contributed by atoms with van der Waals surface area (Å²) in [5.74, 6) is 5.24. The van der Waals surface area contributed by atoms with Crippen LogP contribution in [0.3, 0.4) is 0 Å². The molecule has 0 radical (unpaired) electrons. The van der Waals surface area contributed by atoms with Gasteiger partial charge in [0.15, 0.2) is 5.96 Å². The molecule has 1 saturated heterocycles. The molecule has 4 aromatic carbocycles. The van der Waals surface area contributed by atoms with Crippen molar-refractivity contribution in [2.24, 2.45) is 40.1 Å². The summed E-state index contributed by atoms with van der Waals surface area (Å²) in [6.45, 7) is -0.214. The molecule has 0 aromatic heterocycles. The van der Waals surface area contributed by atoms with Crippen molar-refractivity contribution in [1.29, 1.82) is 0 Å². The third kappa shape index (κ3) is 8.97. The maximum atomic E-state index is 13.7. The monoisotopic (exact) mass is 831 g/mol. The fourth-order valence-electron chi connectivity index (χ4n) is 10.1. The number of allylic oxidation sites excluding steroid dienone is 1. The van der Waals surface area contributed by atoms with Gasteiger partial charge in [0.05, 0.1) is 11.4 Å². The topological polar surface area (TPSA) is 198 Å². The summed E-state index contributed by atoms with van der Waals surface area (Å²) >= 11 is 0. The second kappa shape index (κ2) is 17.4. The number of guanidine groups is 1. The molecule has 0 unspecified atom stereocenters. The molecule has 0 amide bonds. The standard InChI is InChI=1S/C48H53N3O8S/c49-47(50)51-48(27-33(29-53)21-31-5-2-1-3-6-31)38-14-12-34(13-15-38)45-36-23-37(26-43(45)44(60(55,56)57)20-11-30-9-17-40(59-48)18-10-30)46-42-19-16-39(54)24-35(42)8-4-7-32(28-52)22-41(25-36)58-46/h1-3,5-6,9-10,12-19,24,26,32-33,36,41,43-46,52-54H,7,11,20-23,25,27-29H2,(H4,49,50,51)(H,55,56,57)/t32-,33+,36+,41-,43+,44+,45+,46+,48-/m0/s1. The van der Waals surface area contributed by atoms with Gasteiger partial charge in [-0.3, -0.25) is 4.55 Å². The predicted octanol–water partition coefficient (Wildman–Crippen LogP) is 6.27. The highest BCUT2D eigenvalue weighted by molar-refractivity contribution is 7.86. The molecule has 8 bridgehead atoms. The zero-order valence-corrected chi connectivity index (χ0v) is 34.3. The summed E-state index contributed by atoms with van der Waals surface area (Å²) < 4.78 is 52.4. The van der Waals surface area contributed by atoms with Crippen LogP contribution in [-0.4, -0.2) is 58.8 Å². The Hall–Kier alpha value is -5.16. The van der Waals surface area contributed by atoms with Gasteiger partial charge in [-0.2, -0.15) is 8.42 Å². The third-order valence-corrected chi connectivity index (χ3v) is 14.1. The molecule has 1 aliphatic carbocycles. The number of ether oxygens (including phenoxy) is 2. The van der Waals surface area contributed by atoms with Gasteiger partial charge in [-0.15, -0.1) is 0 Å². The minimum atomic E-state index is -4.59. The summed E-state index contributed by atoms with van der Waals surface area (Å²) in [4.78, 5) is 4.78. The predicted molar refractivity (Wildman–Crippen MR) is 229 cm³/mol. The lowest BCUT2D eigenvalue weighted by Crippen LogP contribution is -2.39. The Morgan fingerprint density at radius 1 is 0.967 bits per heavy atom. The number of aliphatic hydroxyl groups excluding tert-OH is 2. The van der Waals surface area contributed by atoms with Crippen molar-refractivity contribution in [2.45, 2.75) is 80.5 Å². The van der Waals surface area contributed by atoms with Gasteiger partial charge in [0, 0.05) is 48.7 Å². The van der Waals surface area contributed by atoms with Gasteiger partial charge >= 0.3 is 0 Å². The molecule has 12 heteroatoms. The molecule has 60 heavy (non-hydrogen) atoms. The van der Waals surface area contributed by atoms with Crippen LogP contribution in [-0.2, 0) is 33.4 Å². The van der Waals surface area contributed by atoms with Crippen molar-refractivity contribution >= 4 is 16.1 Å². The lowest BCUT2D eigenvalue weighted by molar-refractivity contribution is -0.0131. The minimum absolute atomic E-state index is 0.0687. The molecule has 9 atom stereocenters. The first-order chi connectivity index (χ1) is 28.9. The maximum absolute atomic E-state index is 13.7. The van der Waals surface area contributed by atoms with Crippen molar-refractivity contribution in [1.82, 2.24) is 0 Å². The Kier molecular flexibility index (Phi) is 12.1. The molecule has 7 aliphatic rings. The van der Waals surface area contributed by atoms with Crippen LogP contribution in [0, 0.1) is 35.5 Å². The van der Waals surface area contributed by atoms with Crippen LogP contribution in [0.4, 0.5) is 0 Å². The van der Waals surface area contributed by atoms with Crippen molar-refractivity contribution in [3.8, 4) is 23.3 Å². The molecule has 4 aromatic rings. The Labute approximate surface area is 351 Å². The number of rotatable bonds is 8. The van der Waals surface area contributed by atoms with E-state index in [-0.39, 0.29) is 67.5 Å². The number of nitrogens with two attached hydrogens (primary N) is 2. The van der Waals surface area contributed by atoms with Crippen LogP contribution in [0.1, 0.15) is 83.9 Å². The summed E-state index contributed by atoms with van der Waals surface area (Å²) in [7, 11) is -4.59. The summed E-state index contributed by atoms with van der Waals surface area (Å²) in [5, 5.41) is 30.5. The fraction of sp³-hybridized carbons (Fsp3) is 0.396. The molecule has 11 nitrogen and oxygen atoms in total. The zero-order chi connectivity index (χ0) is 42.0. The van der Waals surface area contributed by atoms with Gasteiger partial charge in [-0.1, -0.05) is 90.7 Å². The lowest BCUT2D eigenvalue weighted by Gasteiger charge is -2.40. The molecule has 8 N–H and O–H groups in total. The lowest BCUT2D eigenvalue weighted by atomic mass is 9.65. The quantitative estimate of drug-likeness (QED) is 0.0387. The second-order valence-electron chi connectivity index (χ2n) is 17.0. The zero-order valence-electron chi connectivity index (χ0n) is 33.4. The van der Waals surface area contributed by atoms with Crippen molar-refractivity contribution in [2.75, 3.05) is 13.2 Å². The Morgan fingerprint density at radius 2 is 1.73 bits per heavy atom. The van der Waals surface area contributed by atoms with Gasteiger partial charge in [0.1, 0.15) is 17.6 Å². The second-order valence-corrected chi connectivity index (χ2v) is 18.6. The highest BCUT2D eigenvalue weighted by Gasteiger charge is 2.47. The number of aliphatic hydroxyl groups is 2. The average molecular weight is 832 g/mol. The van der Waals surface area contributed by atoms with E-state index in [0.29, 0.717) is 55.4 Å².